The van der Waals surface area contributed by atoms with E-state index in [1.165, 1.54) is 16.5 Å². The molecule has 6 nitrogen and oxygen atoms in total. The summed E-state index contributed by atoms with van der Waals surface area (Å²) in [6.45, 7) is 9.21. The molecule has 180 valence electrons. The van der Waals surface area contributed by atoms with Crippen LogP contribution in [0.5, 0.6) is 0 Å². The van der Waals surface area contributed by atoms with Crippen molar-refractivity contribution in [3.05, 3.63) is 57.5 Å². The van der Waals surface area contributed by atoms with Gasteiger partial charge in [0.15, 0.2) is 0 Å². The predicted octanol–water partition coefficient (Wildman–Crippen LogP) is 4.38. The smallest absolute Gasteiger partial charge is 0.253 e. The summed E-state index contributed by atoms with van der Waals surface area (Å²) >= 11 is 0. The number of nitrogens with one attached hydrogen (secondary N) is 1. The van der Waals surface area contributed by atoms with Crippen LogP contribution < -0.4 is 5.56 Å². The monoisotopic (exact) mass is 460 g/mol. The molecule has 3 aromatic rings. The number of hydrogen-bond acceptors (Lipinski definition) is 3. The van der Waals surface area contributed by atoms with Crippen LogP contribution in [-0.2, 0) is 11.8 Å². The molecule has 6 heteroatoms. The van der Waals surface area contributed by atoms with Crippen molar-refractivity contribution in [1.29, 1.82) is 0 Å². The van der Waals surface area contributed by atoms with Crippen molar-refractivity contribution in [2.75, 3.05) is 26.7 Å². The van der Waals surface area contributed by atoms with Gasteiger partial charge in [0.25, 0.3) is 5.56 Å². The number of benzene rings is 1. The zero-order valence-electron chi connectivity index (χ0n) is 21.0. The van der Waals surface area contributed by atoms with Gasteiger partial charge in [-0.05, 0) is 80.4 Å². The van der Waals surface area contributed by atoms with Gasteiger partial charge in [-0.2, -0.15) is 0 Å². The molecule has 2 aromatic heterocycles. The van der Waals surface area contributed by atoms with Gasteiger partial charge in [0.05, 0.1) is 11.7 Å². The molecule has 0 radical (unpaired) electrons. The largest absolute Gasteiger partial charge is 0.354 e. The third-order valence-electron chi connectivity index (χ3n) is 7.93. The van der Waals surface area contributed by atoms with Crippen LogP contribution in [0, 0.1) is 6.92 Å². The molecule has 5 rings (SSSR count). The minimum Gasteiger partial charge on any atom is -0.354 e. The number of nitrogens with zero attached hydrogens (tertiary/aromatic N) is 3. The van der Waals surface area contributed by atoms with Gasteiger partial charge < -0.3 is 14.5 Å². The number of carbonyl (C=O) groups is 1. The summed E-state index contributed by atoms with van der Waals surface area (Å²) in [6, 6.07) is 8.95. The molecule has 2 fully saturated rings. The van der Waals surface area contributed by atoms with Crippen LogP contribution in [-0.4, -0.2) is 58.0 Å². The molecule has 2 aliphatic heterocycles. The summed E-state index contributed by atoms with van der Waals surface area (Å²) in [5.41, 5.74) is 6.82. The zero-order valence-corrected chi connectivity index (χ0v) is 21.0. The van der Waals surface area contributed by atoms with Crippen LogP contribution in [0.15, 0.2) is 35.3 Å². The summed E-state index contributed by atoms with van der Waals surface area (Å²) in [5, 5.41) is 1.28. The van der Waals surface area contributed by atoms with Crippen LogP contribution in [0.1, 0.15) is 61.6 Å². The molecule has 0 aliphatic carbocycles. The van der Waals surface area contributed by atoms with E-state index in [2.05, 4.69) is 41.9 Å². The Labute approximate surface area is 201 Å². The lowest BCUT2D eigenvalue weighted by Gasteiger charge is -2.35. The minimum absolute atomic E-state index is 0.0468. The van der Waals surface area contributed by atoms with Gasteiger partial charge in [0.2, 0.25) is 5.91 Å². The maximum atomic E-state index is 12.4. The number of amides is 1. The number of carbonyl (C=O) groups excluding carboxylic acids is 1. The highest BCUT2D eigenvalue weighted by atomic mass is 16.2. The summed E-state index contributed by atoms with van der Waals surface area (Å²) < 4.78 is 1.67. The van der Waals surface area contributed by atoms with E-state index in [9.17, 15) is 9.59 Å². The summed E-state index contributed by atoms with van der Waals surface area (Å²) in [5.74, 6) is 1.16. The molecule has 2 aliphatic rings. The van der Waals surface area contributed by atoms with E-state index in [4.69, 9.17) is 0 Å². The third-order valence-corrected chi connectivity index (χ3v) is 7.93. The molecular formula is C28H36N4O2. The molecule has 0 bridgehead atoms. The molecule has 1 N–H and O–H groups in total. The van der Waals surface area contributed by atoms with Crippen LogP contribution in [0.3, 0.4) is 0 Å². The average Bonchev–Trinajstić information content (AvgIpc) is 3.37. The SMILES string of the molecule is Cc1cc(-c2[nH]c3ccc(C4CCN(C5CCN(C)C5=O)CC4)cc3c2C(C)C)cn(C)c1=O. The van der Waals surface area contributed by atoms with Crippen molar-refractivity contribution in [2.45, 2.75) is 57.9 Å². The average molecular weight is 461 g/mol. The first kappa shape index (κ1) is 22.9. The first-order chi connectivity index (χ1) is 16.2. The number of likely N-dealkylation sites (tertiary alicyclic amines) is 2. The van der Waals surface area contributed by atoms with E-state index < -0.39 is 0 Å². The van der Waals surface area contributed by atoms with Gasteiger partial charge in [-0.3, -0.25) is 14.5 Å². The molecule has 2 saturated heterocycles. The summed E-state index contributed by atoms with van der Waals surface area (Å²) in [4.78, 5) is 32.6. The maximum absolute atomic E-state index is 12.4. The summed E-state index contributed by atoms with van der Waals surface area (Å²) in [7, 11) is 3.73. The highest BCUT2D eigenvalue weighted by Crippen LogP contribution is 2.38. The topological polar surface area (TPSA) is 61.3 Å². The molecule has 0 spiro atoms. The first-order valence-electron chi connectivity index (χ1n) is 12.6. The van der Waals surface area contributed by atoms with Crippen molar-refractivity contribution >= 4 is 16.8 Å². The van der Waals surface area contributed by atoms with Gasteiger partial charge in [-0.1, -0.05) is 19.9 Å². The van der Waals surface area contributed by atoms with Crippen LogP contribution in [0.25, 0.3) is 22.2 Å². The standard InChI is InChI=1S/C28H36N4O2/c1-17(2)25-22-15-20(19-8-12-32(13-9-19)24-10-11-30(4)28(24)34)6-7-23(22)29-26(25)21-14-18(3)27(33)31(5)16-21/h6-7,14-17,19,24,29H,8-13H2,1-5H3. The number of piperidine rings is 1. The number of pyridine rings is 1. The van der Waals surface area contributed by atoms with E-state index in [-0.39, 0.29) is 17.5 Å². The quantitative estimate of drug-likeness (QED) is 0.629. The van der Waals surface area contributed by atoms with E-state index >= 15 is 0 Å². The minimum atomic E-state index is 0.0468. The molecule has 1 atom stereocenters. The van der Waals surface area contributed by atoms with Crippen molar-refractivity contribution < 1.29 is 4.79 Å². The molecule has 0 saturated carbocycles. The summed E-state index contributed by atoms with van der Waals surface area (Å²) in [6.07, 6.45) is 5.07. The molecule has 4 heterocycles. The highest BCUT2D eigenvalue weighted by Gasteiger charge is 2.36. The normalized spacial score (nSPS) is 20.2. The number of rotatable bonds is 4. The van der Waals surface area contributed by atoms with Gasteiger partial charge >= 0.3 is 0 Å². The van der Waals surface area contributed by atoms with E-state index in [1.807, 2.05) is 38.2 Å². The van der Waals surface area contributed by atoms with Crippen molar-refractivity contribution in [2.24, 2.45) is 7.05 Å². The van der Waals surface area contributed by atoms with E-state index in [1.54, 1.807) is 4.57 Å². The number of hydrogen-bond donors (Lipinski definition) is 1. The Morgan fingerprint density at radius 3 is 2.35 bits per heavy atom. The number of likely N-dealkylation sites (N-methyl/N-ethyl adjacent to an activating group) is 1. The number of fused-ring (bicyclic) bond motifs is 1. The predicted molar refractivity (Wildman–Crippen MR) is 137 cm³/mol. The van der Waals surface area contributed by atoms with Crippen LogP contribution in [0.4, 0.5) is 0 Å². The maximum Gasteiger partial charge on any atom is 0.253 e. The van der Waals surface area contributed by atoms with Gasteiger partial charge in [-0.15, -0.1) is 0 Å². The second-order valence-corrected chi connectivity index (χ2v) is 10.6. The van der Waals surface area contributed by atoms with Gasteiger partial charge in [-0.25, -0.2) is 0 Å². The fourth-order valence-electron chi connectivity index (χ4n) is 6.01. The number of aryl methyl sites for hydroxylation is 2. The fourth-order valence-corrected chi connectivity index (χ4v) is 6.01. The molecule has 1 unspecified atom stereocenters. The Kier molecular flexibility index (Phi) is 5.88. The van der Waals surface area contributed by atoms with E-state index in [0.29, 0.717) is 11.8 Å². The third kappa shape index (κ3) is 3.88. The van der Waals surface area contributed by atoms with Crippen molar-refractivity contribution in [3.63, 3.8) is 0 Å². The highest BCUT2D eigenvalue weighted by molar-refractivity contribution is 5.92. The lowest BCUT2D eigenvalue weighted by molar-refractivity contribution is -0.131. The Morgan fingerprint density at radius 2 is 1.74 bits per heavy atom. The molecular weight excluding hydrogens is 424 g/mol. The van der Waals surface area contributed by atoms with Crippen molar-refractivity contribution in [3.8, 4) is 11.3 Å². The van der Waals surface area contributed by atoms with Crippen molar-refractivity contribution in [1.82, 2.24) is 19.4 Å². The number of aromatic amines is 1. The molecule has 34 heavy (non-hydrogen) atoms. The molecule has 1 aromatic carbocycles. The lowest BCUT2D eigenvalue weighted by Crippen LogP contribution is -2.44. The van der Waals surface area contributed by atoms with Crippen LogP contribution >= 0.6 is 0 Å². The van der Waals surface area contributed by atoms with Gasteiger partial charge in [0.1, 0.15) is 0 Å². The number of aromatic nitrogens is 2. The Morgan fingerprint density at radius 1 is 1.00 bits per heavy atom. The first-order valence-corrected chi connectivity index (χ1v) is 12.6. The second kappa shape index (κ2) is 8.73. The fraction of sp³-hybridized carbons (Fsp3) is 0.500. The Balaban J connectivity index is 1.44. The zero-order chi connectivity index (χ0) is 24.1. The molecule has 1 amide bonds. The second-order valence-electron chi connectivity index (χ2n) is 10.6. The van der Waals surface area contributed by atoms with Crippen LogP contribution in [0.2, 0.25) is 0 Å². The lowest BCUT2D eigenvalue weighted by atomic mass is 9.87. The number of H-pyrrole nitrogens is 1. The Hall–Kier alpha value is -2.86. The Bertz CT molecular complexity index is 1270. The van der Waals surface area contributed by atoms with E-state index in [0.717, 1.165) is 61.2 Å². The van der Waals surface area contributed by atoms with Gasteiger partial charge in [0, 0.05) is 48.9 Å².